The second-order valence-corrected chi connectivity index (χ2v) is 5.12. The predicted octanol–water partition coefficient (Wildman–Crippen LogP) is 2.73. The van der Waals surface area contributed by atoms with Gasteiger partial charge < -0.3 is 5.32 Å². The summed E-state index contributed by atoms with van der Waals surface area (Å²) in [5.41, 5.74) is 4.23. The molecule has 0 spiro atoms. The van der Waals surface area contributed by atoms with Crippen LogP contribution in [0.5, 0.6) is 0 Å². The van der Waals surface area contributed by atoms with Crippen molar-refractivity contribution >= 4 is 0 Å². The molecule has 4 heteroatoms. The van der Waals surface area contributed by atoms with Crippen LogP contribution in [0.1, 0.15) is 42.6 Å². The minimum absolute atomic E-state index is 0.414. The first-order chi connectivity index (χ1) is 9.83. The van der Waals surface area contributed by atoms with Crippen LogP contribution in [0, 0.1) is 11.3 Å². The van der Waals surface area contributed by atoms with Crippen LogP contribution in [0.15, 0.2) is 30.5 Å². The minimum Gasteiger partial charge on any atom is -0.310 e. The monoisotopic (exact) mass is 266 g/mol. The van der Waals surface area contributed by atoms with E-state index in [1.807, 2.05) is 35.1 Å². The van der Waals surface area contributed by atoms with Crippen LogP contribution >= 0.6 is 0 Å². The normalized spacial score (nSPS) is 17.5. The Bertz CT molecular complexity index is 651. The molecule has 1 aromatic carbocycles. The van der Waals surface area contributed by atoms with Crippen molar-refractivity contribution < 1.29 is 0 Å². The molecule has 0 radical (unpaired) electrons. The molecule has 0 saturated heterocycles. The lowest BCUT2D eigenvalue weighted by atomic mass is 9.93. The Hall–Kier alpha value is -2.12. The number of rotatable bonds is 3. The highest BCUT2D eigenvalue weighted by molar-refractivity contribution is 5.43. The highest BCUT2D eigenvalue weighted by atomic mass is 15.3. The Morgan fingerprint density at radius 1 is 1.50 bits per heavy atom. The lowest BCUT2D eigenvalue weighted by Crippen LogP contribution is -2.24. The first-order valence-electron chi connectivity index (χ1n) is 7.14. The number of hydrogen-bond donors (Lipinski definition) is 1. The maximum absolute atomic E-state index is 9.02. The maximum atomic E-state index is 9.02. The number of nitrogens with one attached hydrogen (secondary N) is 1. The molecule has 3 rings (SSSR count). The molecular weight excluding hydrogens is 248 g/mol. The fraction of sp³-hybridized carbons (Fsp3) is 0.375. The molecule has 0 saturated carbocycles. The van der Waals surface area contributed by atoms with E-state index in [1.165, 1.54) is 24.1 Å². The Kier molecular flexibility index (Phi) is 3.53. The van der Waals surface area contributed by atoms with Crippen molar-refractivity contribution in [2.75, 3.05) is 6.54 Å². The molecule has 1 aliphatic rings. The fourth-order valence-corrected chi connectivity index (χ4v) is 2.95. The van der Waals surface area contributed by atoms with Gasteiger partial charge in [0.2, 0.25) is 0 Å². The van der Waals surface area contributed by atoms with Crippen molar-refractivity contribution in [3.05, 3.63) is 47.3 Å². The summed E-state index contributed by atoms with van der Waals surface area (Å²) in [7, 11) is 0. The highest BCUT2D eigenvalue weighted by Crippen LogP contribution is 2.30. The molecule has 1 aromatic heterocycles. The molecule has 0 bridgehead atoms. The minimum atomic E-state index is 0.414. The number of fused-ring (bicyclic) bond motifs is 1. The first-order valence-corrected chi connectivity index (χ1v) is 7.14. The molecule has 1 aliphatic carbocycles. The van der Waals surface area contributed by atoms with Crippen LogP contribution in [0.4, 0.5) is 0 Å². The van der Waals surface area contributed by atoms with Gasteiger partial charge in [-0.05, 0) is 44.0 Å². The van der Waals surface area contributed by atoms with Crippen LogP contribution in [-0.4, -0.2) is 16.3 Å². The molecule has 4 nitrogen and oxygen atoms in total. The summed E-state index contributed by atoms with van der Waals surface area (Å²) in [6, 6.07) is 10.2. The van der Waals surface area contributed by atoms with Gasteiger partial charge in [-0.2, -0.15) is 10.4 Å². The summed E-state index contributed by atoms with van der Waals surface area (Å²) in [6.07, 6.45) is 5.37. The molecule has 0 fully saturated rings. The average Bonchev–Trinajstić information content (AvgIpc) is 2.93. The zero-order valence-corrected chi connectivity index (χ0v) is 11.6. The maximum Gasteiger partial charge on any atom is 0.0992 e. The summed E-state index contributed by atoms with van der Waals surface area (Å²) in [5, 5.41) is 17.1. The molecule has 0 aliphatic heterocycles. The lowest BCUT2D eigenvalue weighted by molar-refractivity contribution is 0.467. The van der Waals surface area contributed by atoms with E-state index in [-0.39, 0.29) is 0 Å². The molecular formula is C16H18N4. The van der Waals surface area contributed by atoms with Gasteiger partial charge in [-0.15, -0.1) is 0 Å². The van der Waals surface area contributed by atoms with Crippen molar-refractivity contribution in [2.45, 2.75) is 32.2 Å². The summed E-state index contributed by atoms with van der Waals surface area (Å²) >= 11 is 0. The average molecular weight is 266 g/mol. The van der Waals surface area contributed by atoms with E-state index >= 15 is 0 Å². The number of benzene rings is 1. The van der Waals surface area contributed by atoms with Gasteiger partial charge in [-0.1, -0.05) is 13.0 Å². The van der Waals surface area contributed by atoms with E-state index < -0.39 is 0 Å². The molecule has 0 amide bonds. The summed E-state index contributed by atoms with van der Waals surface area (Å²) < 4.78 is 1.99. The van der Waals surface area contributed by atoms with Gasteiger partial charge in [0.1, 0.15) is 0 Å². The zero-order chi connectivity index (χ0) is 13.9. The third kappa shape index (κ3) is 2.21. The second kappa shape index (κ2) is 5.48. The van der Waals surface area contributed by atoms with E-state index in [0.717, 1.165) is 18.7 Å². The van der Waals surface area contributed by atoms with Gasteiger partial charge in [-0.3, -0.25) is 0 Å². The standard InChI is InChI=1S/C16H18N4/c1-2-18-15-7-4-8-16-14(15)11-19-20(16)13-6-3-5-12(9-13)10-17/h3,5-6,9,11,15,18H,2,4,7-8H2,1H3. The summed E-state index contributed by atoms with van der Waals surface area (Å²) in [6.45, 7) is 3.11. The van der Waals surface area contributed by atoms with E-state index in [1.54, 1.807) is 0 Å². The topological polar surface area (TPSA) is 53.6 Å². The molecule has 2 aromatic rings. The van der Waals surface area contributed by atoms with E-state index in [0.29, 0.717) is 11.6 Å². The van der Waals surface area contributed by atoms with Gasteiger partial charge in [-0.25, -0.2) is 4.68 Å². The van der Waals surface area contributed by atoms with E-state index in [9.17, 15) is 0 Å². The summed E-state index contributed by atoms with van der Waals surface area (Å²) in [4.78, 5) is 0. The molecule has 1 N–H and O–H groups in total. The zero-order valence-electron chi connectivity index (χ0n) is 11.6. The van der Waals surface area contributed by atoms with Gasteiger partial charge in [0, 0.05) is 17.3 Å². The van der Waals surface area contributed by atoms with Gasteiger partial charge >= 0.3 is 0 Å². The Labute approximate surface area is 119 Å². The Morgan fingerprint density at radius 3 is 3.20 bits per heavy atom. The summed E-state index contributed by atoms with van der Waals surface area (Å²) in [5.74, 6) is 0. The van der Waals surface area contributed by atoms with Gasteiger partial charge in [0.15, 0.2) is 0 Å². The quantitative estimate of drug-likeness (QED) is 0.929. The SMILES string of the molecule is CCNC1CCCc2c1cnn2-c1cccc(C#N)c1. The molecule has 1 unspecified atom stereocenters. The van der Waals surface area contributed by atoms with Crippen molar-refractivity contribution in [1.82, 2.24) is 15.1 Å². The number of hydrogen-bond acceptors (Lipinski definition) is 3. The molecule has 1 atom stereocenters. The van der Waals surface area contributed by atoms with Crippen molar-refractivity contribution in [1.29, 1.82) is 5.26 Å². The van der Waals surface area contributed by atoms with Crippen molar-refractivity contribution in [3.8, 4) is 11.8 Å². The number of nitrogens with zero attached hydrogens (tertiary/aromatic N) is 3. The third-order valence-corrected chi connectivity index (χ3v) is 3.85. The number of nitriles is 1. The molecule has 1 heterocycles. The predicted molar refractivity (Wildman–Crippen MR) is 77.6 cm³/mol. The number of aromatic nitrogens is 2. The van der Waals surface area contributed by atoms with Gasteiger partial charge in [0.25, 0.3) is 0 Å². The fourth-order valence-electron chi connectivity index (χ4n) is 2.95. The smallest absolute Gasteiger partial charge is 0.0992 e. The first kappa shape index (κ1) is 12.9. The van der Waals surface area contributed by atoms with Crippen LogP contribution < -0.4 is 5.32 Å². The van der Waals surface area contributed by atoms with Crippen LogP contribution in [0.2, 0.25) is 0 Å². The van der Waals surface area contributed by atoms with Crippen LogP contribution in [0.3, 0.4) is 0 Å². The highest BCUT2D eigenvalue weighted by Gasteiger charge is 2.23. The Morgan fingerprint density at radius 2 is 2.40 bits per heavy atom. The molecule has 20 heavy (non-hydrogen) atoms. The van der Waals surface area contributed by atoms with Crippen LogP contribution in [0.25, 0.3) is 5.69 Å². The van der Waals surface area contributed by atoms with E-state index in [4.69, 9.17) is 5.26 Å². The van der Waals surface area contributed by atoms with Gasteiger partial charge in [0.05, 0.1) is 23.5 Å². The van der Waals surface area contributed by atoms with E-state index in [2.05, 4.69) is 23.4 Å². The van der Waals surface area contributed by atoms with Crippen LogP contribution in [-0.2, 0) is 6.42 Å². The Balaban J connectivity index is 2.02. The van der Waals surface area contributed by atoms with Crippen molar-refractivity contribution in [3.63, 3.8) is 0 Å². The third-order valence-electron chi connectivity index (χ3n) is 3.85. The lowest BCUT2D eigenvalue weighted by Gasteiger charge is -2.23. The van der Waals surface area contributed by atoms with Crippen molar-refractivity contribution in [2.24, 2.45) is 0 Å². The second-order valence-electron chi connectivity index (χ2n) is 5.12. The largest absolute Gasteiger partial charge is 0.310 e. The molecule has 102 valence electrons.